The van der Waals surface area contributed by atoms with Crippen LogP contribution < -0.4 is 5.32 Å². The van der Waals surface area contributed by atoms with E-state index in [4.69, 9.17) is 4.52 Å². The highest BCUT2D eigenvalue weighted by molar-refractivity contribution is 14.1. The van der Waals surface area contributed by atoms with E-state index in [1.807, 2.05) is 19.9 Å². The minimum atomic E-state index is 0.275. The first kappa shape index (κ1) is 12.7. The van der Waals surface area contributed by atoms with Crippen LogP contribution in [0.2, 0.25) is 0 Å². The van der Waals surface area contributed by atoms with Crippen LogP contribution >= 0.6 is 22.6 Å². The van der Waals surface area contributed by atoms with Crippen molar-refractivity contribution in [3.63, 3.8) is 0 Å². The van der Waals surface area contributed by atoms with Crippen LogP contribution in [0.15, 0.2) is 28.8 Å². The number of benzene rings is 1. The number of allylic oxidation sites excluding steroid dienone is 1. The summed E-state index contributed by atoms with van der Waals surface area (Å²) in [5.41, 5.74) is 3.63. The normalized spacial score (nSPS) is 13.6. The Bertz CT molecular complexity index is 646. The molecule has 1 N–H and O–H groups in total. The Morgan fingerprint density at radius 2 is 2.21 bits per heavy atom. The van der Waals surface area contributed by atoms with Gasteiger partial charge in [0.05, 0.1) is 0 Å². The fourth-order valence-electron chi connectivity index (χ4n) is 2.07. The summed E-state index contributed by atoms with van der Waals surface area (Å²) in [4.78, 5) is 4.36. The first-order chi connectivity index (χ1) is 9.13. The molecule has 0 aliphatic heterocycles. The van der Waals surface area contributed by atoms with Crippen molar-refractivity contribution in [2.24, 2.45) is 0 Å². The van der Waals surface area contributed by atoms with Gasteiger partial charge in [-0.15, -0.1) is 0 Å². The molecule has 1 aromatic carbocycles. The number of fused-ring (bicyclic) bond motifs is 1. The SMILES string of the molecule is CC(C)Nc1nc(-c2ccc3c(c2)C(I)=CC3)no1. The summed E-state index contributed by atoms with van der Waals surface area (Å²) in [6.45, 7) is 4.07. The maximum atomic E-state index is 5.19. The van der Waals surface area contributed by atoms with Gasteiger partial charge in [0, 0.05) is 15.2 Å². The number of rotatable bonds is 3. The molecule has 1 aliphatic carbocycles. The van der Waals surface area contributed by atoms with Gasteiger partial charge in [-0.1, -0.05) is 23.4 Å². The molecule has 0 atom stereocenters. The minimum Gasteiger partial charge on any atom is -0.336 e. The van der Waals surface area contributed by atoms with Crippen molar-refractivity contribution in [2.45, 2.75) is 26.3 Å². The largest absolute Gasteiger partial charge is 0.336 e. The number of hydrogen-bond donors (Lipinski definition) is 1. The molecule has 4 nitrogen and oxygen atoms in total. The molecule has 98 valence electrons. The molecule has 0 unspecified atom stereocenters. The highest BCUT2D eigenvalue weighted by Crippen LogP contribution is 2.34. The minimum absolute atomic E-state index is 0.275. The quantitative estimate of drug-likeness (QED) is 0.837. The number of nitrogens with zero attached hydrogens (tertiary/aromatic N) is 2. The third kappa shape index (κ3) is 2.51. The molecular formula is C14H14IN3O. The van der Waals surface area contributed by atoms with Crippen LogP contribution in [0.5, 0.6) is 0 Å². The molecule has 3 rings (SSSR count). The number of anilines is 1. The van der Waals surface area contributed by atoms with E-state index in [0.717, 1.165) is 12.0 Å². The zero-order valence-electron chi connectivity index (χ0n) is 10.8. The maximum Gasteiger partial charge on any atom is 0.321 e. The molecule has 0 bridgehead atoms. The first-order valence-corrected chi connectivity index (χ1v) is 7.31. The monoisotopic (exact) mass is 367 g/mol. The van der Waals surface area contributed by atoms with E-state index in [-0.39, 0.29) is 6.04 Å². The number of nitrogens with one attached hydrogen (secondary N) is 1. The first-order valence-electron chi connectivity index (χ1n) is 6.23. The molecule has 1 aromatic heterocycles. The van der Waals surface area contributed by atoms with E-state index in [9.17, 15) is 0 Å². The molecule has 0 radical (unpaired) electrons. The van der Waals surface area contributed by atoms with E-state index in [1.165, 1.54) is 14.7 Å². The van der Waals surface area contributed by atoms with E-state index in [1.54, 1.807) is 0 Å². The molecule has 1 aliphatic rings. The second kappa shape index (κ2) is 4.96. The van der Waals surface area contributed by atoms with Gasteiger partial charge >= 0.3 is 6.01 Å². The van der Waals surface area contributed by atoms with Crippen LogP contribution in [0.3, 0.4) is 0 Å². The lowest BCUT2D eigenvalue weighted by Crippen LogP contribution is -2.09. The van der Waals surface area contributed by atoms with Gasteiger partial charge in [-0.05, 0) is 60.1 Å². The predicted molar refractivity (Wildman–Crippen MR) is 84.2 cm³/mol. The van der Waals surface area contributed by atoms with Crippen molar-refractivity contribution in [3.8, 4) is 11.4 Å². The van der Waals surface area contributed by atoms with Crippen molar-refractivity contribution >= 4 is 32.2 Å². The van der Waals surface area contributed by atoms with Crippen LogP contribution in [0.4, 0.5) is 6.01 Å². The highest BCUT2D eigenvalue weighted by Gasteiger charge is 2.15. The van der Waals surface area contributed by atoms with Crippen molar-refractivity contribution in [2.75, 3.05) is 5.32 Å². The molecule has 0 fully saturated rings. The summed E-state index contributed by atoms with van der Waals surface area (Å²) in [5, 5.41) is 7.12. The Morgan fingerprint density at radius 3 is 3.00 bits per heavy atom. The third-order valence-electron chi connectivity index (χ3n) is 2.96. The standard InChI is InChI=1S/C14H14IN3O/c1-8(2)16-14-17-13(18-19-14)10-4-3-9-5-6-12(15)11(9)7-10/h3-4,6-8H,5H2,1-2H3,(H,16,17,18). The van der Waals surface area contributed by atoms with Crippen LogP contribution in [0.1, 0.15) is 25.0 Å². The fraction of sp³-hybridized carbons (Fsp3) is 0.286. The summed E-state index contributed by atoms with van der Waals surface area (Å²) in [5.74, 6) is 0.627. The third-order valence-corrected chi connectivity index (χ3v) is 3.99. The van der Waals surface area contributed by atoms with Crippen LogP contribution in [-0.2, 0) is 6.42 Å². The van der Waals surface area contributed by atoms with Crippen molar-refractivity contribution in [1.29, 1.82) is 0 Å². The zero-order valence-corrected chi connectivity index (χ0v) is 12.9. The highest BCUT2D eigenvalue weighted by atomic mass is 127. The summed E-state index contributed by atoms with van der Waals surface area (Å²) in [6.07, 6.45) is 3.25. The van der Waals surface area contributed by atoms with E-state index in [0.29, 0.717) is 11.8 Å². The Balaban J connectivity index is 1.92. The van der Waals surface area contributed by atoms with Crippen molar-refractivity contribution in [1.82, 2.24) is 10.1 Å². The summed E-state index contributed by atoms with van der Waals surface area (Å²) < 4.78 is 6.48. The Labute approximate surface area is 125 Å². The lowest BCUT2D eigenvalue weighted by molar-refractivity contribution is 0.429. The number of hydrogen-bond acceptors (Lipinski definition) is 4. The molecular weight excluding hydrogens is 353 g/mol. The molecule has 0 saturated heterocycles. The summed E-state index contributed by atoms with van der Waals surface area (Å²) in [7, 11) is 0. The number of aromatic nitrogens is 2. The Morgan fingerprint density at radius 1 is 1.37 bits per heavy atom. The average molecular weight is 367 g/mol. The van der Waals surface area contributed by atoms with E-state index >= 15 is 0 Å². The fourth-order valence-corrected chi connectivity index (χ4v) is 2.79. The molecule has 0 saturated carbocycles. The molecule has 0 spiro atoms. The van der Waals surface area contributed by atoms with Gasteiger partial charge in [0.15, 0.2) is 0 Å². The zero-order chi connectivity index (χ0) is 13.4. The second-order valence-corrected chi connectivity index (χ2v) is 6.01. The second-order valence-electron chi connectivity index (χ2n) is 4.85. The topological polar surface area (TPSA) is 51.0 Å². The van der Waals surface area contributed by atoms with Crippen LogP contribution in [-0.4, -0.2) is 16.2 Å². The predicted octanol–water partition coefficient (Wildman–Crippen LogP) is 3.89. The van der Waals surface area contributed by atoms with Crippen LogP contribution in [0.25, 0.3) is 15.0 Å². The van der Waals surface area contributed by atoms with Crippen molar-refractivity contribution in [3.05, 3.63) is 35.4 Å². The van der Waals surface area contributed by atoms with Gasteiger partial charge in [0.25, 0.3) is 0 Å². The number of halogens is 1. The van der Waals surface area contributed by atoms with Crippen molar-refractivity contribution < 1.29 is 4.52 Å². The summed E-state index contributed by atoms with van der Waals surface area (Å²) >= 11 is 2.37. The molecule has 1 heterocycles. The lowest BCUT2D eigenvalue weighted by atomic mass is 10.1. The molecule has 2 aromatic rings. The van der Waals surface area contributed by atoms with Gasteiger partial charge in [0.2, 0.25) is 5.82 Å². The van der Waals surface area contributed by atoms with Gasteiger partial charge in [-0.25, -0.2) is 0 Å². The summed E-state index contributed by atoms with van der Waals surface area (Å²) in [6, 6.07) is 7.06. The Hall–Kier alpha value is -1.37. The van der Waals surface area contributed by atoms with Gasteiger partial charge in [-0.2, -0.15) is 4.98 Å². The molecule has 0 amide bonds. The maximum absolute atomic E-state index is 5.19. The Kier molecular flexibility index (Phi) is 3.30. The van der Waals surface area contributed by atoms with Gasteiger partial charge in [-0.3, -0.25) is 0 Å². The van der Waals surface area contributed by atoms with E-state index in [2.05, 4.69) is 56.3 Å². The van der Waals surface area contributed by atoms with Gasteiger partial charge < -0.3 is 9.84 Å². The lowest BCUT2D eigenvalue weighted by Gasteiger charge is -2.03. The smallest absolute Gasteiger partial charge is 0.321 e. The van der Waals surface area contributed by atoms with E-state index < -0.39 is 0 Å². The molecule has 19 heavy (non-hydrogen) atoms. The van der Waals surface area contributed by atoms with Gasteiger partial charge in [0.1, 0.15) is 0 Å². The van der Waals surface area contributed by atoms with Crippen LogP contribution in [0, 0.1) is 0 Å². The molecule has 5 heteroatoms. The average Bonchev–Trinajstić information content (AvgIpc) is 2.96.